The molecule has 9 heteroatoms. The largest absolute Gasteiger partial charge is 0.492 e. The van der Waals surface area contributed by atoms with Crippen LogP contribution in [0.4, 0.5) is 0 Å². The average molecular weight is 566 g/mol. The monoisotopic (exact) mass is 564 g/mol. The van der Waals surface area contributed by atoms with Crippen LogP contribution in [0.1, 0.15) is 28.8 Å². The summed E-state index contributed by atoms with van der Waals surface area (Å²) in [7, 11) is 0. The summed E-state index contributed by atoms with van der Waals surface area (Å²) >= 11 is 15.3. The number of amides is 2. The fourth-order valence-electron chi connectivity index (χ4n) is 2.95. The third kappa shape index (κ3) is 8.24. The molecule has 0 aromatic heterocycles. The first-order valence-electron chi connectivity index (χ1n) is 10.6. The van der Waals surface area contributed by atoms with Gasteiger partial charge in [0, 0.05) is 23.4 Å². The number of carbonyl (C=O) groups is 2. The molecule has 0 atom stereocenters. The number of rotatable bonds is 10. The van der Waals surface area contributed by atoms with Gasteiger partial charge in [0.25, 0.3) is 5.91 Å². The summed E-state index contributed by atoms with van der Waals surface area (Å²) in [5, 5.41) is 0.924. The minimum atomic E-state index is -0.436. The van der Waals surface area contributed by atoms with Crippen molar-refractivity contribution in [2.75, 3.05) is 13.2 Å². The van der Waals surface area contributed by atoms with Crippen molar-refractivity contribution >= 4 is 50.9 Å². The summed E-state index contributed by atoms with van der Waals surface area (Å²) in [5.74, 6) is 0.364. The molecule has 0 saturated heterocycles. The van der Waals surface area contributed by atoms with E-state index >= 15 is 0 Å². The Morgan fingerprint density at radius 3 is 2.32 bits per heavy atom. The highest BCUT2D eigenvalue weighted by molar-refractivity contribution is 9.10. The second kappa shape index (κ2) is 13.2. The maximum absolute atomic E-state index is 12.4. The van der Waals surface area contributed by atoms with Gasteiger partial charge in [0.2, 0.25) is 5.91 Å². The second-order valence-electron chi connectivity index (χ2n) is 7.26. The van der Waals surface area contributed by atoms with E-state index in [4.69, 9.17) is 32.7 Å². The number of hydrogen-bond acceptors (Lipinski definition) is 4. The van der Waals surface area contributed by atoms with E-state index in [0.717, 1.165) is 6.42 Å². The van der Waals surface area contributed by atoms with Crippen molar-refractivity contribution in [1.82, 2.24) is 10.9 Å². The van der Waals surface area contributed by atoms with E-state index in [2.05, 4.69) is 26.8 Å². The Bertz CT molecular complexity index is 1130. The highest BCUT2D eigenvalue weighted by Gasteiger charge is 2.11. The molecule has 0 heterocycles. The molecular weight excluding hydrogens is 543 g/mol. The lowest BCUT2D eigenvalue weighted by molar-refractivity contribution is -0.122. The maximum Gasteiger partial charge on any atom is 0.269 e. The molecule has 2 N–H and O–H groups in total. The van der Waals surface area contributed by atoms with Gasteiger partial charge in [-0.25, -0.2) is 0 Å². The van der Waals surface area contributed by atoms with Gasteiger partial charge in [-0.05, 0) is 64.3 Å². The summed E-state index contributed by atoms with van der Waals surface area (Å²) in [6.07, 6.45) is 1.39. The molecule has 0 fully saturated rings. The third-order valence-corrected chi connectivity index (χ3v) is 5.85. The fourth-order valence-corrected chi connectivity index (χ4v) is 3.91. The van der Waals surface area contributed by atoms with Gasteiger partial charge in [-0.3, -0.25) is 20.4 Å². The van der Waals surface area contributed by atoms with Crippen molar-refractivity contribution in [1.29, 1.82) is 0 Å². The van der Waals surface area contributed by atoms with Crippen LogP contribution in [0.15, 0.2) is 71.2 Å². The molecule has 0 unspecified atom stereocenters. The summed E-state index contributed by atoms with van der Waals surface area (Å²) in [6, 6.07) is 20.0. The molecule has 0 spiro atoms. The molecule has 3 aromatic rings. The van der Waals surface area contributed by atoms with Crippen molar-refractivity contribution in [3.05, 3.63) is 92.4 Å². The lowest BCUT2D eigenvalue weighted by Crippen LogP contribution is -2.41. The van der Waals surface area contributed by atoms with Crippen molar-refractivity contribution in [3.8, 4) is 11.5 Å². The first kappa shape index (κ1) is 25.9. The highest BCUT2D eigenvalue weighted by atomic mass is 79.9. The van der Waals surface area contributed by atoms with Crippen molar-refractivity contribution < 1.29 is 19.1 Å². The van der Waals surface area contributed by atoms with Crippen LogP contribution in [0.5, 0.6) is 11.5 Å². The van der Waals surface area contributed by atoms with Crippen molar-refractivity contribution in [2.45, 2.75) is 19.3 Å². The summed E-state index contributed by atoms with van der Waals surface area (Å²) < 4.78 is 12.0. The number of benzene rings is 3. The van der Waals surface area contributed by atoms with Gasteiger partial charge in [-0.2, -0.15) is 0 Å². The topological polar surface area (TPSA) is 76.7 Å². The summed E-state index contributed by atoms with van der Waals surface area (Å²) in [6.45, 7) is 0.805. The minimum absolute atomic E-state index is 0.170. The third-order valence-electron chi connectivity index (χ3n) is 4.70. The number of nitrogens with one attached hydrogen (secondary N) is 2. The Labute approximate surface area is 216 Å². The molecule has 0 bridgehead atoms. The molecule has 0 aliphatic carbocycles. The Morgan fingerprint density at radius 1 is 0.853 bits per heavy atom. The number of ether oxygens (including phenoxy) is 2. The average Bonchev–Trinajstić information content (AvgIpc) is 2.83. The zero-order chi connectivity index (χ0) is 24.3. The maximum atomic E-state index is 12.4. The Hall–Kier alpha value is -2.74. The van der Waals surface area contributed by atoms with Gasteiger partial charge in [-0.1, -0.05) is 53.5 Å². The molecule has 0 aliphatic rings. The van der Waals surface area contributed by atoms with E-state index in [1.807, 2.05) is 30.3 Å². The van der Waals surface area contributed by atoms with Crippen molar-refractivity contribution in [3.63, 3.8) is 0 Å². The smallest absolute Gasteiger partial charge is 0.269 e. The molecule has 0 saturated carbocycles. The molecule has 178 valence electrons. The van der Waals surface area contributed by atoms with E-state index in [1.54, 1.807) is 36.4 Å². The van der Waals surface area contributed by atoms with Crippen molar-refractivity contribution in [2.24, 2.45) is 0 Å². The molecule has 6 nitrogen and oxygen atoms in total. The number of hydrogen-bond donors (Lipinski definition) is 2. The van der Waals surface area contributed by atoms with Gasteiger partial charge in [0.05, 0.1) is 22.7 Å². The first-order chi connectivity index (χ1) is 16.4. The predicted molar refractivity (Wildman–Crippen MR) is 137 cm³/mol. The lowest BCUT2D eigenvalue weighted by Gasteiger charge is -2.11. The van der Waals surface area contributed by atoms with Gasteiger partial charge < -0.3 is 9.47 Å². The normalized spacial score (nSPS) is 10.4. The number of halogens is 3. The lowest BCUT2D eigenvalue weighted by atomic mass is 10.2. The Balaban J connectivity index is 1.37. The summed E-state index contributed by atoms with van der Waals surface area (Å²) in [5.41, 5.74) is 6.37. The van der Waals surface area contributed by atoms with E-state index in [-0.39, 0.29) is 12.3 Å². The number of carbonyl (C=O) groups excluding carboxylic acids is 2. The summed E-state index contributed by atoms with van der Waals surface area (Å²) in [4.78, 5) is 24.4. The molecule has 0 aliphatic heterocycles. The van der Waals surface area contributed by atoms with Crippen LogP contribution in [0.25, 0.3) is 0 Å². The molecule has 3 aromatic carbocycles. The molecule has 34 heavy (non-hydrogen) atoms. The SMILES string of the molecule is O=C(CCCOc1ccc(Cl)cc1Cl)NNC(=O)c1ccc(OCCc2ccccc2)c(Br)c1. The van der Waals surface area contributed by atoms with Crippen LogP contribution in [-0.2, 0) is 11.2 Å². The molecule has 3 rings (SSSR count). The number of hydrazine groups is 1. The standard InChI is InChI=1S/C25H23BrCl2N2O4/c26-20-15-18(8-10-22(20)34-14-12-17-5-2-1-3-6-17)25(32)30-29-24(31)7-4-13-33-23-11-9-19(27)16-21(23)28/h1-3,5-6,8-11,15-16H,4,7,12-14H2,(H,29,31)(H,30,32). The van der Waals surface area contributed by atoms with E-state index in [1.165, 1.54) is 5.56 Å². The zero-order valence-electron chi connectivity index (χ0n) is 18.2. The van der Waals surface area contributed by atoms with Gasteiger partial charge in [0.15, 0.2) is 0 Å². The van der Waals surface area contributed by atoms with Crippen LogP contribution in [0, 0.1) is 0 Å². The van der Waals surface area contributed by atoms with Gasteiger partial charge in [0.1, 0.15) is 11.5 Å². The fraction of sp³-hybridized carbons (Fsp3) is 0.200. The van der Waals surface area contributed by atoms with E-state index in [9.17, 15) is 9.59 Å². The zero-order valence-corrected chi connectivity index (χ0v) is 21.3. The predicted octanol–water partition coefficient (Wildman–Crippen LogP) is 6.00. The van der Waals surface area contributed by atoms with E-state index < -0.39 is 5.91 Å². The minimum Gasteiger partial charge on any atom is -0.492 e. The molecule has 2 amide bonds. The van der Waals surface area contributed by atoms with Crippen LogP contribution >= 0.6 is 39.1 Å². The molecular formula is C25H23BrCl2N2O4. The second-order valence-corrected chi connectivity index (χ2v) is 8.96. The Morgan fingerprint density at radius 2 is 1.59 bits per heavy atom. The van der Waals surface area contributed by atoms with Gasteiger partial charge in [-0.15, -0.1) is 0 Å². The van der Waals surface area contributed by atoms with Crippen LogP contribution in [-0.4, -0.2) is 25.0 Å². The van der Waals surface area contributed by atoms with Crippen LogP contribution < -0.4 is 20.3 Å². The Kier molecular flexibility index (Phi) is 10.1. The first-order valence-corrected chi connectivity index (χ1v) is 12.1. The van der Waals surface area contributed by atoms with Crippen LogP contribution in [0.3, 0.4) is 0 Å². The highest BCUT2D eigenvalue weighted by Crippen LogP contribution is 2.28. The molecule has 0 radical (unpaired) electrons. The van der Waals surface area contributed by atoms with Crippen LogP contribution in [0.2, 0.25) is 10.0 Å². The van der Waals surface area contributed by atoms with Gasteiger partial charge >= 0.3 is 0 Å². The van der Waals surface area contributed by atoms with E-state index in [0.29, 0.717) is 51.2 Å². The quantitative estimate of drug-likeness (QED) is 0.233.